The van der Waals surface area contributed by atoms with Gasteiger partial charge in [0.05, 0.1) is 11.5 Å². The van der Waals surface area contributed by atoms with Crippen molar-refractivity contribution in [2.24, 2.45) is 0 Å². The van der Waals surface area contributed by atoms with Crippen LogP contribution in [0.1, 0.15) is 13.3 Å². The highest BCUT2D eigenvalue weighted by atomic mass is 32.2. The van der Waals surface area contributed by atoms with Crippen molar-refractivity contribution in [2.75, 3.05) is 26.9 Å². The zero-order valence-electron chi connectivity index (χ0n) is 11.0. The molecule has 0 fully saturated rings. The van der Waals surface area contributed by atoms with Gasteiger partial charge >= 0.3 is 0 Å². The lowest BCUT2D eigenvalue weighted by molar-refractivity contribution is 0.196. The first kappa shape index (κ1) is 15.9. The molecule has 0 aliphatic rings. The maximum absolute atomic E-state index is 13.3. The van der Waals surface area contributed by atoms with E-state index < -0.39 is 15.8 Å². The second-order valence-electron chi connectivity index (χ2n) is 3.77. The molecule has 0 aliphatic carbocycles. The SMILES string of the molecule is CCOc1cc(S(=O)(=O)NCCCOC)ccc1F. The van der Waals surface area contributed by atoms with Crippen molar-refractivity contribution in [3.05, 3.63) is 24.0 Å². The van der Waals surface area contributed by atoms with E-state index in [1.165, 1.54) is 12.1 Å². The van der Waals surface area contributed by atoms with Crippen LogP contribution in [0.5, 0.6) is 5.75 Å². The average Bonchev–Trinajstić information content (AvgIpc) is 2.37. The van der Waals surface area contributed by atoms with Gasteiger partial charge in [0.25, 0.3) is 0 Å². The monoisotopic (exact) mass is 291 g/mol. The Labute approximate surface area is 112 Å². The number of hydrogen-bond acceptors (Lipinski definition) is 4. The quantitative estimate of drug-likeness (QED) is 0.738. The van der Waals surface area contributed by atoms with Gasteiger partial charge in [-0.05, 0) is 25.5 Å². The number of ether oxygens (including phenoxy) is 2. The van der Waals surface area contributed by atoms with E-state index in [2.05, 4.69) is 4.72 Å². The molecule has 0 atom stereocenters. The molecule has 0 aromatic heterocycles. The third kappa shape index (κ3) is 4.77. The zero-order valence-corrected chi connectivity index (χ0v) is 11.8. The molecule has 1 aromatic carbocycles. The van der Waals surface area contributed by atoms with Crippen LogP contribution in [0.3, 0.4) is 0 Å². The van der Waals surface area contributed by atoms with Gasteiger partial charge in [-0.15, -0.1) is 0 Å². The fraction of sp³-hybridized carbons (Fsp3) is 0.500. The first-order valence-electron chi connectivity index (χ1n) is 5.92. The zero-order chi connectivity index (χ0) is 14.3. The van der Waals surface area contributed by atoms with Crippen LogP contribution in [0.4, 0.5) is 4.39 Å². The molecule has 0 aliphatic heterocycles. The molecule has 1 rings (SSSR count). The van der Waals surface area contributed by atoms with Crippen LogP contribution < -0.4 is 9.46 Å². The van der Waals surface area contributed by atoms with E-state index in [-0.39, 0.29) is 23.8 Å². The molecule has 0 saturated heterocycles. The molecule has 19 heavy (non-hydrogen) atoms. The third-order valence-corrected chi connectivity index (χ3v) is 3.79. The summed E-state index contributed by atoms with van der Waals surface area (Å²) in [6.45, 7) is 2.69. The fourth-order valence-corrected chi connectivity index (χ4v) is 2.51. The lowest BCUT2D eigenvalue weighted by atomic mass is 10.3. The fourth-order valence-electron chi connectivity index (χ4n) is 1.42. The highest BCUT2D eigenvalue weighted by Crippen LogP contribution is 2.21. The van der Waals surface area contributed by atoms with Crippen LogP contribution in [-0.2, 0) is 14.8 Å². The first-order chi connectivity index (χ1) is 9.01. The van der Waals surface area contributed by atoms with Gasteiger partial charge in [0, 0.05) is 26.3 Å². The van der Waals surface area contributed by atoms with Crippen molar-refractivity contribution in [1.82, 2.24) is 4.72 Å². The second kappa shape index (κ2) is 7.42. The molecule has 7 heteroatoms. The highest BCUT2D eigenvalue weighted by molar-refractivity contribution is 7.89. The van der Waals surface area contributed by atoms with Gasteiger partial charge in [-0.2, -0.15) is 0 Å². The largest absolute Gasteiger partial charge is 0.491 e. The van der Waals surface area contributed by atoms with Crippen LogP contribution >= 0.6 is 0 Å². The van der Waals surface area contributed by atoms with Gasteiger partial charge in [-0.25, -0.2) is 17.5 Å². The van der Waals surface area contributed by atoms with E-state index in [0.717, 1.165) is 6.07 Å². The summed E-state index contributed by atoms with van der Waals surface area (Å²) >= 11 is 0. The van der Waals surface area contributed by atoms with Gasteiger partial charge in [-0.3, -0.25) is 0 Å². The maximum atomic E-state index is 13.3. The molecule has 1 aromatic rings. The Balaban J connectivity index is 2.80. The summed E-state index contributed by atoms with van der Waals surface area (Å²) in [6.07, 6.45) is 0.565. The van der Waals surface area contributed by atoms with Crippen molar-refractivity contribution >= 4 is 10.0 Å². The normalized spacial score (nSPS) is 11.5. The number of halogens is 1. The Bertz CT molecular complexity index is 504. The van der Waals surface area contributed by atoms with E-state index >= 15 is 0 Å². The van der Waals surface area contributed by atoms with Crippen molar-refractivity contribution in [3.63, 3.8) is 0 Å². The number of sulfonamides is 1. The van der Waals surface area contributed by atoms with E-state index in [4.69, 9.17) is 9.47 Å². The van der Waals surface area contributed by atoms with Crippen LogP contribution in [0.25, 0.3) is 0 Å². The van der Waals surface area contributed by atoms with Gasteiger partial charge in [0.15, 0.2) is 11.6 Å². The lowest BCUT2D eigenvalue weighted by Crippen LogP contribution is -2.25. The van der Waals surface area contributed by atoms with Crippen LogP contribution in [-0.4, -0.2) is 35.3 Å². The number of methoxy groups -OCH3 is 1. The predicted molar refractivity (Wildman–Crippen MR) is 69.3 cm³/mol. The van der Waals surface area contributed by atoms with Crippen molar-refractivity contribution in [1.29, 1.82) is 0 Å². The van der Waals surface area contributed by atoms with E-state index in [1.807, 2.05) is 0 Å². The Morgan fingerprint density at radius 2 is 2.11 bits per heavy atom. The van der Waals surface area contributed by atoms with Crippen LogP contribution in [0.2, 0.25) is 0 Å². The number of benzene rings is 1. The minimum Gasteiger partial charge on any atom is -0.491 e. The maximum Gasteiger partial charge on any atom is 0.240 e. The molecule has 1 N–H and O–H groups in total. The second-order valence-corrected chi connectivity index (χ2v) is 5.54. The van der Waals surface area contributed by atoms with Gasteiger partial charge < -0.3 is 9.47 Å². The molecule has 0 bridgehead atoms. The Kier molecular flexibility index (Phi) is 6.20. The summed E-state index contributed by atoms with van der Waals surface area (Å²) in [5, 5.41) is 0. The molecular weight excluding hydrogens is 273 g/mol. The van der Waals surface area contributed by atoms with Crippen molar-refractivity contribution in [2.45, 2.75) is 18.2 Å². The molecule has 0 heterocycles. The molecule has 0 saturated carbocycles. The van der Waals surface area contributed by atoms with Crippen molar-refractivity contribution < 1.29 is 22.3 Å². The molecule has 0 spiro atoms. The first-order valence-corrected chi connectivity index (χ1v) is 7.40. The summed E-state index contributed by atoms with van der Waals surface area (Å²) in [7, 11) is -2.11. The van der Waals surface area contributed by atoms with Crippen LogP contribution in [0.15, 0.2) is 23.1 Å². The molecular formula is C12H18FNO4S. The average molecular weight is 291 g/mol. The van der Waals surface area contributed by atoms with Crippen molar-refractivity contribution in [3.8, 4) is 5.75 Å². The number of nitrogens with one attached hydrogen (secondary N) is 1. The number of rotatable bonds is 8. The summed E-state index contributed by atoms with van der Waals surface area (Å²) in [6, 6.07) is 3.46. The predicted octanol–water partition coefficient (Wildman–Crippen LogP) is 1.54. The highest BCUT2D eigenvalue weighted by Gasteiger charge is 2.16. The molecule has 108 valence electrons. The lowest BCUT2D eigenvalue weighted by Gasteiger charge is -2.09. The van der Waals surface area contributed by atoms with E-state index in [1.54, 1.807) is 14.0 Å². The summed E-state index contributed by atoms with van der Waals surface area (Å²) in [5.41, 5.74) is 0. The molecule has 5 nitrogen and oxygen atoms in total. The topological polar surface area (TPSA) is 64.6 Å². The smallest absolute Gasteiger partial charge is 0.240 e. The minimum atomic E-state index is -3.65. The minimum absolute atomic E-state index is 0.0187. The van der Waals surface area contributed by atoms with E-state index in [0.29, 0.717) is 13.0 Å². The molecule has 0 amide bonds. The Hall–Kier alpha value is -1.18. The summed E-state index contributed by atoms with van der Waals surface area (Å²) in [5.74, 6) is -0.651. The van der Waals surface area contributed by atoms with Gasteiger partial charge in [0.1, 0.15) is 0 Å². The van der Waals surface area contributed by atoms with Gasteiger partial charge in [0.2, 0.25) is 10.0 Å². The van der Waals surface area contributed by atoms with E-state index in [9.17, 15) is 12.8 Å². The molecule has 0 unspecified atom stereocenters. The standard InChI is InChI=1S/C12H18FNO4S/c1-3-18-12-9-10(5-6-11(12)13)19(15,16)14-7-4-8-17-2/h5-6,9,14H,3-4,7-8H2,1-2H3. The summed E-state index contributed by atoms with van der Waals surface area (Å²) < 4.78 is 49.5. The molecule has 0 radical (unpaired) electrons. The van der Waals surface area contributed by atoms with Crippen LogP contribution in [0, 0.1) is 5.82 Å². The van der Waals surface area contributed by atoms with Gasteiger partial charge in [-0.1, -0.05) is 0 Å². The summed E-state index contributed by atoms with van der Waals surface area (Å²) in [4.78, 5) is -0.0187. The Morgan fingerprint density at radius 1 is 1.37 bits per heavy atom. The number of hydrogen-bond donors (Lipinski definition) is 1. The Morgan fingerprint density at radius 3 is 2.74 bits per heavy atom. The third-order valence-electron chi connectivity index (χ3n) is 2.33.